The van der Waals surface area contributed by atoms with Crippen molar-refractivity contribution in [1.29, 1.82) is 0 Å². The Kier molecular flexibility index (Phi) is 4.07. The van der Waals surface area contributed by atoms with E-state index in [0.717, 1.165) is 11.3 Å². The van der Waals surface area contributed by atoms with Gasteiger partial charge in [-0.3, -0.25) is 4.79 Å². The molecule has 2 rings (SSSR count). The maximum Gasteiger partial charge on any atom is 0.263 e. The van der Waals surface area contributed by atoms with E-state index >= 15 is 0 Å². The molecule has 3 nitrogen and oxygen atoms in total. The van der Waals surface area contributed by atoms with Crippen LogP contribution in [0.15, 0.2) is 6.07 Å². The first-order valence-electron chi connectivity index (χ1n) is 6.59. The molecule has 2 unspecified atom stereocenters. The second-order valence-electron chi connectivity index (χ2n) is 5.13. The number of hydrogen-bond acceptors (Lipinski definition) is 3. The third-order valence-corrected chi connectivity index (χ3v) is 4.84. The summed E-state index contributed by atoms with van der Waals surface area (Å²) in [5, 5.41) is 9.70. The van der Waals surface area contributed by atoms with Gasteiger partial charge in [-0.25, -0.2) is 0 Å². The minimum Gasteiger partial charge on any atom is -0.393 e. The van der Waals surface area contributed by atoms with E-state index in [4.69, 9.17) is 0 Å². The van der Waals surface area contributed by atoms with Crippen LogP contribution in [0.1, 0.15) is 40.4 Å². The van der Waals surface area contributed by atoms with Gasteiger partial charge >= 0.3 is 0 Å². The first-order valence-corrected chi connectivity index (χ1v) is 7.41. The molecule has 0 aromatic carbocycles. The van der Waals surface area contributed by atoms with Crippen LogP contribution in [0.3, 0.4) is 0 Å². The number of nitrogens with zero attached hydrogens (tertiary/aromatic N) is 1. The van der Waals surface area contributed by atoms with E-state index in [1.807, 2.05) is 17.9 Å². The number of aliphatic hydroxyl groups excluding tert-OH is 1. The molecule has 0 spiro atoms. The Labute approximate surface area is 112 Å². The Morgan fingerprint density at radius 3 is 2.89 bits per heavy atom. The summed E-state index contributed by atoms with van der Waals surface area (Å²) >= 11 is 1.59. The molecular weight excluding hydrogens is 246 g/mol. The number of aryl methyl sites for hydroxylation is 2. The zero-order valence-electron chi connectivity index (χ0n) is 11.3. The van der Waals surface area contributed by atoms with Crippen molar-refractivity contribution in [3.63, 3.8) is 0 Å². The Balaban J connectivity index is 2.11. The van der Waals surface area contributed by atoms with Gasteiger partial charge in [0.05, 0.1) is 11.0 Å². The molecule has 1 fully saturated rings. The fraction of sp³-hybridized carbons (Fsp3) is 0.643. The molecule has 0 aliphatic carbocycles. The van der Waals surface area contributed by atoms with Crippen molar-refractivity contribution in [3.05, 3.63) is 21.4 Å². The number of carbonyl (C=O) groups is 1. The van der Waals surface area contributed by atoms with Gasteiger partial charge in [-0.05, 0) is 37.3 Å². The van der Waals surface area contributed by atoms with Crippen LogP contribution in [0.5, 0.6) is 0 Å². The molecule has 1 aliphatic rings. The van der Waals surface area contributed by atoms with Gasteiger partial charge in [0.2, 0.25) is 0 Å². The quantitative estimate of drug-likeness (QED) is 0.894. The third-order valence-electron chi connectivity index (χ3n) is 3.76. The first-order chi connectivity index (χ1) is 8.52. The number of thiophene rings is 1. The number of rotatable bonds is 2. The molecule has 2 heterocycles. The summed E-state index contributed by atoms with van der Waals surface area (Å²) in [5.74, 6) is 0.302. The molecule has 100 valence electrons. The lowest BCUT2D eigenvalue weighted by Crippen LogP contribution is -2.44. The average molecular weight is 267 g/mol. The normalized spacial score (nSPS) is 24.3. The lowest BCUT2D eigenvalue weighted by atomic mass is 9.96. The molecule has 0 radical (unpaired) electrons. The Bertz CT molecular complexity index is 441. The van der Waals surface area contributed by atoms with Crippen LogP contribution in [-0.4, -0.2) is 35.1 Å². The van der Waals surface area contributed by atoms with Crippen molar-refractivity contribution < 1.29 is 9.90 Å². The molecule has 1 amide bonds. The van der Waals surface area contributed by atoms with E-state index in [1.165, 1.54) is 10.4 Å². The molecule has 1 aliphatic heterocycles. The van der Waals surface area contributed by atoms with E-state index < -0.39 is 0 Å². The smallest absolute Gasteiger partial charge is 0.263 e. The molecule has 0 bridgehead atoms. The maximum absolute atomic E-state index is 12.4. The predicted molar refractivity (Wildman–Crippen MR) is 74.1 cm³/mol. The number of hydrogen-bond donors (Lipinski definition) is 1. The fourth-order valence-corrected chi connectivity index (χ4v) is 3.53. The summed E-state index contributed by atoms with van der Waals surface area (Å²) < 4.78 is 0. The van der Waals surface area contributed by atoms with E-state index in [0.29, 0.717) is 19.5 Å². The molecule has 2 atom stereocenters. The van der Waals surface area contributed by atoms with E-state index in [-0.39, 0.29) is 17.9 Å². The van der Waals surface area contributed by atoms with Crippen molar-refractivity contribution >= 4 is 17.2 Å². The Morgan fingerprint density at radius 1 is 1.61 bits per heavy atom. The SMILES string of the molecule is CCc1cc(C(=O)N2CCC(O)C(C)C2)sc1C. The number of amides is 1. The van der Waals surface area contributed by atoms with Gasteiger partial charge in [0.25, 0.3) is 5.91 Å². The lowest BCUT2D eigenvalue weighted by molar-refractivity contribution is 0.0300. The summed E-state index contributed by atoms with van der Waals surface area (Å²) in [5.41, 5.74) is 1.27. The Hall–Kier alpha value is -0.870. The molecule has 1 N–H and O–H groups in total. The number of carbonyl (C=O) groups excluding carboxylic acids is 1. The predicted octanol–water partition coefficient (Wildman–Crippen LogP) is 2.46. The van der Waals surface area contributed by atoms with Crippen molar-refractivity contribution in [2.24, 2.45) is 5.92 Å². The van der Waals surface area contributed by atoms with Crippen LogP contribution < -0.4 is 0 Å². The fourth-order valence-electron chi connectivity index (χ4n) is 2.45. The molecular formula is C14H21NO2S. The molecule has 1 saturated heterocycles. The van der Waals surface area contributed by atoms with E-state index in [1.54, 1.807) is 11.3 Å². The van der Waals surface area contributed by atoms with Gasteiger partial charge < -0.3 is 10.0 Å². The molecule has 18 heavy (non-hydrogen) atoms. The molecule has 0 saturated carbocycles. The van der Waals surface area contributed by atoms with Gasteiger partial charge in [0.15, 0.2) is 0 Å². The van der Waals surface area contributed by atoms with Crippen LogP contribution >= 0.6 is 11.3 Å². The largest absolute Gasteiger partial charge is 0.393 e. The number of likely N-dealkylation sites (tertiary alicyclic amines) is 1. The van der Waals surface area contributed by atoms with Crippen molar-refractivity contribution in [2.75, 3.05) is 13.1 Å². The minimum atomic E-state index is -0.259. The monoisotopic (exact) mass is 267 g/mol. The highest BCUT2D eigenvalue weighted by Crippen LogP contribution is 2.25. The van der Waals surface area contributed by atoms with Gasteiger partial charge in [0, 0.05) is 18.0 Å². The highest BCUT2D eigenvalue weighted by Gasteiger charge is 2.28. The van der Waals surface area contributed by atoms with Crippen LogP contribution in [0, 0.1) is 12.8 Å². The Morgan fingerprint density at radius 2 is 2.33 bits per heavy atom. The van der Waals surface area contributed by atoms with Crippen LogP contribution in [0.4, 0.5) is 0 Å². The van der Waals surface area contributed by atoms with Crippen molar-refractivity contribution in [3.8, 4) is 0 Å². The lowest BCUT2D eigenvalue weighted by Gasteiger charge is -2.34. The number of aliphatic hydroxyl groups is 1. The topological polar surface area (TPSA) is 40.5 Å². The standard InChI is InChI=1S/C14H21NO2S/c1-4-11-7-13(18-10(11)3)14(17)15-6-5-12(16)9(2)8-15/h7,9,12,16H,4-6,8H2,1-3H3. The third kappa shape index (κ3) is 2.59. The van der Waals surface area contributed by atoms with Gasteiger partial charge in [-0.2, -0.15) is 0 Å². The highest BCUT2D eigenvalue weighted by molar-refractivity contribution is 7.14. The highest BCUT2D eigenvalue weighted by atomic mass is 32.1. The molecule has 1 aromatic rings. The summed E-state index contributed by atoms with van der Waals surface area (Å²) in [7, 11) is 0. The summed E-state index contributed by atoms with van der Waals surface area (Å²) in [6, 6.07) is 2.03. The molecule has 4 heteroatoms. The number of piperidine rings is 1. The van der Waals surface area contributed by atoms with Gasteiger partial charge in [-0.15, -0.1) is 11.3 Å². The summed E-state index contributed by atoms with van der Waals surface area (Å²) in [4.78, 5) is 16.3. The van der Waals surface area contributed by atoms with Gasteiger partial charge in [-0.1, -0.05) is 13.8 Å². The minimum absolute atomic E-state index is 0.126. The van der Waals surface area contributed by atoms with Crippen LogP contribution in [0.2, 0.25) is 0 Å². The summed E-state index contributed by atoms with van der Waals surface area (Å²) in [6.07, 6.45) is 1.41. The van der Waals surface area contributed by atoms with E-state index in [9.17, 15) is 9.90 Å². The first kappa shape index (κ1) is 13.6. The van der Waals surface area contributed by atoms with Crippen molar-refractivity contribution in [1.82, 2.24) is 4.90 Å². The second-order valence-corrected chi connectivity index (χ2v) is 6.39. The maximum atomic E-state index is 12.4. The van der Waals surface area contributed by atoms with Gasteiger partial charge in [0.1, 0.15) is 0 Å². The van der Waals surface area contributed by atoms with E-state index in [2.05, 4.69) is 13.8 Å². The zero-order valence-corrected chi connectivity index (χ0v) is 12.1. The second kappa shape index (κ2) is 5.41. The molecule has 1 aromatic heterocycles. The zero-order chi connectivity index (χ0) is 13.3. The summed E-state index contributed by atoms with van der Waals surface area (Å²) in [6.45, 7) is 7.52. The van der Waals surface area contributed by atoms with Crippen LogP contribution in [0.25, 0.3) is 0 Å². The van der Waals surface area contributed by atoms with Crippen molar-refractivity contribution in [2.45, 2.75) is 39.7 Å². The van der Waals surface area contributed by atoms with Crippen LogP contribution in [-0.2, 0) is 6.42 Å². The average Bonchev–Trinajstić information content (AvgIpc) is 2.73.